The van der Waals surface area contributed by atoms with Gasteiger partial charge in [-0.15, -0.1) is 10.2 Å². The van der Waals surface area contributed by atoms with Gasteiger partial charge in [0.25, 0.3) is 0 Å². The molecule has 0 aliphatic heterocycles. The molecule has 1 aliphatic rings. The van der Waals surface area contributed by atoms with Crippen LogP contribution in [-0.4, -0.2) is 81.5 Å². The number of Topliss-reactive ketones (excluding diaryl/α,β-unsaturated/α-hetero) is 1. The predicted molar refractivity (Wildman–Crippen MR) is 238 cm³/mol. The Morgan fingerprint density at radius 2 is 1.27 bits per heavy atom. The van der Waals surface area contributed by atoms with Crippen LogP contribution in [0, 0.1) is 0 Å². The molecule has 1 aliphatic carbocycles. The molecule has 6 rings (SSSR count). The van der Waals surface area contributed by atoms with Gasteiger partial charge in [-0.05, 0) is 104 Å². The van der Waals surface area contributed by atoms with E-state index in [1.807, 2.05) is 6.07 Å². The first kappa shape index (κ1) is 57.4. The van der Waals surface area contributed by atoms with Crippen molar-refractivity contribution in [3.05, 3.63) is 113 Å². The molecule has 0 saturated carbocycles. The van der Waals surface area contributed by atoms with Crippen LogP contribution in [0.2, 0.25) is 0 Å². The minimum absolute atomic E-state index is 0. The van der Waals surface area contributed by atoms with Crippen molar-refractivity contribution in [2.45, 2.75) is 23.6 Å². The molecule has 0 spiro atoms. The molecule has 67 heavy (non-hydrogen) atoms. The maximum atomic E-state index is 13.7. The number of nitrogens with two attached hydrogens (primary N) is 2. The van der Waals surface area contributed by atoms with Gasteiger partial charge in [0.05, 0.1) is 54.4 Å². The summed E-state index contributed by atoms with van der Waals surface area (Å²) in [5, 5.41) is 26.0. The second-order valence-corrected chi connectivity index (χ2v) is 17.8. The zero-order valence-corrected chi connectivity index (χ0v) is 45.2. The number of nitrogens with one attached hydrogen (secondary N) is 3. The molecule has 21 nitrogen and oxygen atoms in total. The Kier molecular flexibility index (Phi) is 21.0. The van der Waals surface area contributed by atoms with Gasteiger partial charge in [0.2, 0.25) is 5.78 Å². The molecular weight excluding hydrogens is 960 g/mol. The van der Waals surface area contributed by atoms with E-state index < -0.39 is 79.0 Å². The standard InChI is InChI=1S/C40H41N11O10S3.3Na/c1-3-51(4-2)19-18-43-28-14-16-31(30(41)22-28)48-45-27-12-10-25(11-13-27)44-32-17-15-29(23-33(32)62(53,54)55)47-49-38-34(63(56,57)58)20-24-21-35(64(59,60)61)39(40(52)36(24)37(38)42)50-46-26-8-6-5-7-9-26;;;/h5-17,20-23,43-44,46H,3-4,18-19,41-42H2,1-2H3,(H,53,54,55)(H,56,57,58)(H,59,60,61);;;/q;3*+1/p-3/b48-45?,49-47?,50-39-;;;. The van der Waals surface area contributed by atoms with Crippen LogP contribution in [0.3, 0.4) is 0 Å². The summed E-state index contributed by atoms with van der Waals surface area (Å²) in [7, 11) is -16.1. The number of likely N-dealkylation sites (N-methyl/N-ethyl adjacent to an activating group) is 1. The Morgan fingerprint density at radius 3 is 1.87 bits per heavy atom. The summed E-state index contributed by atoms with van der Waals surface area (Å²) in [5.74, 6) is -1.25. The fourth-order valence-corrected chi connectivity index (χ4v) is 8.20. The average Bonchev–Trinajstić information content (AvgIpc) is 3.24. The molecule has 0 aromatic heterocycles. The first-order valence-electron chi connectivity index (χ1n) is 19.0. The Morgan fingerprint density at radius 1 is 0.657 bits per heavy atom. The summed E-state index contributed by atoms with van der Waals surface area (Å²) < 4.78 is 111. The van der Waals surface area contributed by atoms with Crippen molar-refractivity contribution in [2.24, 2.45) is 25.6 Å². The maximum absolute atomic E-state index is 13.7. The van der Waals surface area contributed by atoms with Gasteiger partial charge in [0.1, 0.15) is 47.4 Å². The average molecular weight is 998 g/mol. The Hall–Kier alpha value is -3.93. The number of nitrogen functional groups attached to an aromatic ring is 2. The molecule has 0 saturated heterocycles. The molecule has 0 radical (unpaired) electrons. The number of carbonyl (C=O) groups is 1. The van der Waals surface area contributed by atoms with Gasteiger partial charge in [0.15, 0.2) is 0 Å². The number of carbonyl (C=O) groups excluding carboxylic acids is 1. The predicted octanol–water partition coefficient (Wildman–Crippen LogP) is -2.45. The molecule has 0 unspecified atom stereocenters. The van der Waals surface area contributed by atoms with Crippen LogP contribution in [0.4, 0.5) is 56.9 Å². The number of hydrogen-bond acceptors (Lipinski definition) is 21. The van der Waals surface area contributed by atoms with Gasteiger partial charge in [-0.1, -0.05) is 32.0 Å². The van der Waals surface area contributed by atoms with Gasteiger partial charge in [-0.25, -0.2) is 25.3 Å². The summed E-state index contributed by atoms with van der Waals surface area (Å²) in [5.41, 5.74) is 13.4. The zero-order valence-electron chi connectivity index (χ0n) is 36.8. The Balaban J connectivity index is 0.00000397. The second kappa shape index (κ2) is 24.6. The number of nitrogens with zero attached hydrogens (tertiary/aromatic N) is 6. The molecule has 0 fully saturated rings. The van der Waals surface area contributed by atoms with Gasteiger partial charge in [-0.2, -0.15) is 15.3 Å². The first-order valence-corrected chi connectivity index (χ1v) is 23.2. The molecule has 5 aromatic carbocycles. The molecule has 0 atom stereocenters. The fourth-order valence-electron chi connectivity index (χ4n) is 6.24. The minimum atomic E-state index is -5.50. The van der Waals surface area contributed by atoms with Crippen LogP contribution in [0.15, 0.2) is 137 Å². The van der Waals surface area contributed by atoms with Crippen molar-refractivity contribution in [3.8, 4) is 0 Å². The quantitative estimate of drug-likeness (QED) is 0.0212. The van der Waals surface area contributed by atoms with E-state index in [9.17, 15) is 43.7 Å². The SMILES string of the molecule is CCN(CC)CCNc1ccc(N=Nc2ccc(Nc3ccc(N=Nc4c(S(=O)(=O)[O-])cc5c(c4N)C(=O)/C(=N\Nc4ccccc4)C(S(=O)(=O)[O-])=C5)cc3S(=O)(=O)[O-])cc2)c(N)c1.[Na+].[Na+].[Na+]. The van der Waals surface area contributed by atoms with Gasteiger partial charge >= 0.3 is 88.7 Å². The number of azo groups is 2. The van der Waals surface area contributed by atoms with E-state index in [1.165, 1.54) is 24.3 Å². The number of allylic oxidation sites excluding steroid dienone is 1. The molecule has 7 N–H and O–H groups in total. The normalized spacial score (nSPS) is 13.4. The summed E-state index contributed by atoms with van der Waals surface area (Å²) in [4.78, 5) is 12.9. The minimum Gasteiger partial charge on any atom is -0.744 e. The topological polar surface area (TPSA) is 342 Å². The number of anilines is 6. The van der Waals surface area contributed by atoms with Crippen LogP contribution >= 0.6 is 0 Å². The summed E-state index contributed by atoms with van der Waals surface area (Å²) in [6.07, 6.45) is 0.634. The molecule has 334 valence electrons. The summed E-state index contributed by atoms with van der Waals surface area (Å²) >= 11 is 0. The third-order valence-electron chi connectivity index (χ3n) is 9.50. The van der Waals surface area contributed by atoms with Crippen LogP contribution in [0.1, 0.15) is 29.8 Å². The zero-order chi connectivity index (χ0) is 46.4. The number of rotatable bonds is 17. The Labute approximate surface area is 453 Å². The van der Waals surface area contributed by atoms with Gasteiger partial charge in [-0.3, -0.25) is 10.2 Å². The number of hydrogen-bond donors (Lipinski definition) is 5. The van der Waals surface area contributed by atoms with Crippen molar-refractivity contribution < 1.29 is 132 Å². The largest absolute Gasteiger partial charge is 1.00 e. The smallest absolute Gasteiger partial charge is 0.744 e. The molecular formula is C40H38N11Na3O10S3. The van der Waals surface area contributed by atoms with Crippen LogP contribution in [-0.2, 0) is 30.4 Å². The monoisotopic (exact) mass is 997 g/mol. The first-order chi connectivity index (χ1) is 30.3. The molecule has 0 heterocycles. The van der Waals surface area contributed by atoms with E-state index in [4.69, 9.17) is 11.5 Å². The van der Waals surface area contributed by atoms with E-state index in [-0.39, 0.29) is 100 Å². The fraction of sp³-hybridized carbons (Fsp3) is 0.150. The molecule has 0 bridgehead atoms. The second-order valence-electron chi connectivity index (χ2n) is 13.7. The van der Waals surface area contributed by atoms with Crippen molar-refractivity contribution in [1.29, 1.82) is 0 Å². The Bertz CT molecular complexity index is 3090. The van der Waals surface area contributed by atoms with E-state index in [2.05, 4.69) is 60.4 Å². The van der Waals surface area contributed by atoms with E-state index in [0.717, 1.165) is 37.9 Å². The molecule has 5 aromatic rings. The van der Waals surface area contributed by atoms with Crippen LogP contribution in [0.5, 0.6) is 0 Å². The van der Waals surface area contributed by atoms with E-state index in [0.29, 0.717) is 40.6 Å². The van der Waals surface area contributed by atoms with Gasteiger partial charge < -0.3 is 40.7 Å². The van der Waals surface area contributed by atoms with Crippen molar-refractivity contribution in [1.82, 2.24) is 4.90 Å². The third-order valence-corrected chi connectivity index (χ3v) is 12.1. The van der Waals surface area contributed by atoms with Crippen LogP contribution in [0.25, 0.3) is 6.08 Å². The number of fused-ring (bicyclic) bond motifs is 1. The summed E-state index contributed by atoms with van der Waals surface area (Å²) in [6, 6.07) is 23.2. The number of ketones is 1. The van der Waals surface area contributed by atoms with Gasteiger partial charge in [0, 0.05) is 24.5 Å². The van der Waals surface area contributed by atoms with E-state index >= 15 is 0 Å². The van der Waals surface area contributed by atoms with Crippen molar-refractivity contribution in [3.63, 3.8) is 0 Å². The maximum Gasteiger partial charge on any atom is 1.00 e. The number of para-hydroxylation sites is 1. The third kappa shape index (κ3) is 14.8. The van der Waals surface area contributed by atoms with E-state index in [1.54, 1.807) is 54.6 Å². The summed E-state index contributed by atoms with van der Waals surface area (Å²) in [6.45, 7) is 7.73. The number of hydrazone groups is 1. The number of benzene rings is 5. The van der Waals surface area contributed by atoms with Crippen LogP contribution < -0.4 is 116 Å². The molecule has 0 amide bonds. The van der Waals surface area contributed by atoms with Crippen molar-refractivity contribution >= 4 is 105 Å². The molecule has 27 heteroatoms. The van der Waals surface area contributed by atoms with Crippen molar-refractivity contribution in [2.75, 3.05) is 53.7 Å².